The van der Waals surface area contributed by atoms with E-state index >= 15 is 0 Å². The Morgan fingerprint density at radius 2 is 1.73 bits per heavy atom. The second kappa shape index (κ2) is 5.14. The molecule has 0 aromatic carbocycles. The molecule has 0 aromatic heterocycles. The molecule has 80 valence electrons. The first-order chi connectivity index (χ1) is 7.11. The Hall–Kier alpha value is -1.84. The molecular formula is C11H13NO3. The first-order valence-electron chi connectivity index (χ1n) is 4.63. The number of carboxylic acid groups (broad SMARTS) is 1. The van der Waals surface area contributed by atoms with Gasteiger partial charge in [0, 0.05) is 12.8 Å². The summed E-state index contributed by atoms with van der Waals surface area (Å²) < 4.78 is 0. The molecule has 1 atom stereocenters. The molecule has 2 N–H and O–H groups in total. The molecule has 0 spiro atoms. The maximum Gasteiger partial charge on any atom is 0.327 e. The molecule has 4 heteroatoms. The number of hydrogen-bond acceptors (Lipinski definition) is 2. The van der Waals surface area contributed by atoms with Crippen molar-refractivity contribution in [2.75, 3.05) is 0 Å². The second-order valence-corrected chi connectivity index (χ2v) is 3.25. The van der Waals surface area contributed by atoms with Crippen molar-refractivity contribution < 1.29 is 14.7 Å². The van der Waals surface area contributed by atoms with Crippen LogP contribution in [0.2, 0.25) is 0 Å². The van der Waals surface area contributed by atoms with Gasteiger partial charge in [0.15, 0.2) is 0 Å². The Kier molecular flexibility index (Phi) is 3.85. The van der Waals surface area contributed by atoms with Crippen molar-refractivity contribution in [1.29, 1.82) is 0 Å². The van der Waals surface area contributed by atoms with E-state index < -0.39 is 12.0 Å². The molecule has 0 saturated heterocycles. The Bertz CT molecular complexity index is 326. The van der Waals surface area contributed by atoms with Crippen LogP contribution in [-0.2, 0) is 9.59 Å². The zero-order valence-corrected chi connectivity index (χ0v) is 8.38. The number of allylic oxidation sites excluding steroid dienone is 4. The average molecular weight is 207 g/mol. The maximum atomic E-state index is 10.9. The number of aliphatic carboxylic acids is 1. The average Bonchev–Trinajstić information content (AvgIpc) is 2.41. The summed E-state index contributed by atoms with van der Waals surface area (Å²) in [5.74, 6) is -1.70. The lowest BCUT2D eigenvalue weighted by atomic mass is 9.99. The summed E-state index contributed by atoms with van der Waals surface area (Å²) in [6.07, 6.45) is 10.6. The highest BCUT2D eigenvalue weighted by atomic mass is 16.4. The van der Waals surface area contributed by atoms with Crippen LogP contribution in [0, 0.1) is 5.92 Å². The summed E-state index contributed by atoms with van der Waals surface area (Å²) in [7, 11) is 0. The van der Waals surface area contributed by atoms with Crippen molar-refractivity contribution in [3.05, 3.63) is 36.5 Å². The molecule has 0 aliphatic heterocycles. The van der Waals surface area contributed by atoms with Gasteiger partial charge in [-0.2, -0.15) is 0 Å². The smallest absolute Gasteiger partial charge is 0.327 e. The monoisotopic (exact) mass is 207 g/mol. The van der Waals surface area contributed by atoms with Gasteiger partial charge in [-0.15, -0.1) is 0 Å². The van der Waals surface area contributed by atoms with Crippen molar-refractivity contribution in [2.24, 2.45) is 5.92 Å². The Balaban J connectivity index is 2.79. The van der Waals surface area contributed by atoms with E-state index in [2.05, 4.69) is 5.32 Å². The van der Waals surface area contributed by atoms with E-state index in [0.717, 1.165) is 0 Å². The summed E-state index contributed by atoms with van der Waals surface area (Å²) in [6.45, 7) is 1.30. The summed E-state index contributed by atoms with van der Waals surface area (Å²) in [4.78, 5) is 21.8. The summed E-state index contributed by atoms with van der Waals surface area (Å²) >= 11 is 0. The van der Waals surface area contributed by atoms with Gasteiger partial charge in [0.05, 0.1) is 0 Å². The molecule has 1 unspecified atom stereocenters. The van der Waals surface area contributed by atoms with Gasteiger partial charge in [-0.1, -0.05) is 36.5 Å². The standard InChI is InChI=1S/C11H13NO3/c1-8(13)12-10(11(14)15)9-6-4-2-3-5-7-9/h2-7,9-10H,1H3,(H,12,13)(H,14,15). The fourth-order valence-electron chi connectivity index (χ4n) is 1.34. The number of carbonyl (C=O) groups excluding carboxylic acids is 1. The lowest BCUT2D eigenvalue weighted by Crippen LogP contribution is -2.43. The minimum atomic E-state index is -1.04. The largest absolute Gasteiger partial charge is 0.480 e. The van der Waals surface area contributed by atoms with Crippen LogP contribution in [0.25, 0.3) is 0 Å². The zero-order valence-electron chi connectivity index (χ0n) is 8.38. The van der Waals surface area contributed by atoms with Crippen LogP contribution in [0.1, 0.15) is 6.92 Å². The molecule has 4 nitrogen and oxygen atoms in total. The molecular weight excluding hydrogens is 194 g/mol. The van der Waals surface area contributed by atoms with Gasteiger partial charge in [-0.25, -0.2) is 4.79 Å². The number of rotatable bonds is 3. The fraction of sp³-hybridized carbons (Fsp3) is 0.273. The van der Waals surface area contributed by atoms with Crippen LogP contribution in [0.4, 0.5) is 0 Å². The molecule has 0 saturated carbocycles. The van der Waals surface area contributed by atoms with Crippen molar-refractivity contribution in [2.45, 2.75) is 13.0 Å². The highest BCUT2D eigenvalue weighted by molar-refractivity contribution is 5.82. The topological polar surface area (TPSA) is 66.4 Å². The summed E-state index contributed by atoms with van der Waals surface area (Å²) in [5.41, 5.74) is 0. The third-order valence-electron chi connectivity index (χ3n) is 2.01. The third-order valence-corrected chi connectivity index (χ3v) is 2.01. The minimum absolute atomic E-state index is 0.318. The molecule has 0 bridgehead atoms. The van der Waals surface area contributed by atoms with E-state index in [9.17, 15) is 9.59 Å². The third kappa shape index (κ3) is 3.42. The number of amides is 1. The number of hydrogen-bond donors (Lipinski definition) is 2. The molecule has 1 aliphatic carbocycles. The summed E-state index contributed by atoms with van der Waals surface area (Å²) in [6, 6.07) is -0.908. The molecule has 0 heterocycles. The quantitative estimate of drug-likeness (QED) is 0.721. The van der Waals surface area contributed by atoms with E-state index in [1.807, 2.05) is 12.2 Å². The first-order valence-corrected chi connectivity index (χ1v) is 4.63. The van der Waals surface area contributed by atoms with Gasteiger partial charge >= 0.3 is 5.97 Å². The predicted octanol–water partition coefficient (Wildman–Crippen LogP) is 0.874. The normalized spacial score (nSPS) is 17.1. The van der Waals surface area contributed by atoms with Crippen LogP contribution < -0.4 is 5.32 Å². The van der Waals surface area contributed by atoms with Gasteiger partial charge in [0.1, 0.15) is 6.04 Å². The van der Waals surface area contributed by atoms with E-state index in [4.69, 9.17) is 5.11 Å². The van der Waals surface area contributed by atoms with Crippen molar-refractivity contribution in [3.8, 4) is 0 Å². The Morgan fingerprint density at radius 3 is 2.13 bits per heavy atom. The minimum Gasteiger partial charge on any atom is -0.480 e. The molecule has 0 radical (unpaired) electrons. The van der Waals surface area contributed by atoms with Gasteiger partial charge < -0.3 is 10.4 Å². The number of nitrogens with one attached hydrogen (secondary N) is 1. The van der Waals surface area contributed by atoms with Crippen LogP contribution in [0.5, 0.6) is 0 Å². The summed E-state index contributed by atoms with van der Waals surface area (Å²) in [5, 5.41) is 11.4. The van der Waals surface area contributed by atoms with Crippen LogP contribution >= 0.6 is 0 Å². The van der Waals surface area contributed by atoms with E-state index in [1.165, 1.54) is 6.92 Å². The van der Waals surface area contributed by atoms with Crippen molar-refractivity contribution in [1.82, 2.24) is 5.32 Å². The fourth-order valence-corrected chi connectivity index (χ4v) is 1.34. The van der Waals surface area contributed by atoms with Gasteiger partial charge in [0.2, 0.25) is 5.91 Å². The van der Waals surface area contributed by atoms with Crippen LogP contribution in [0.3, 0.4) is 0 Å². The molecule has 1 amide bonds. The van der Waals surface area contributed by atoms with Crippen LogP contribution in [-0.4, -0.2) is 23.0 Å². The number of carboxylic acids is 1. The molecule has 1 rings (SSSR count). The predicted molar refractivity (Wildman–Crippen MR) is 56.2 cm³/mol. The SMILES string of the molecule is CC(=O)NC(C(=O)O)C1C=CC=CC=C1. The van der Waals surface area contributed by atoms with E-state index in [-0.39, 0.29) is 11.8 Å². The lowest BCUT2D eigenvalue weighted by Gasteiger charge is -2.18. The van der Waals surface area contributed by atoms with E-state index in [0.29, 0.717) is 0 Å². The Labute approximate surface area is 88.0 Å². The molecule has 1 aliphatic rings. The van der Waals surface area contributed by atoms with Crippen molar-refractivity contribution in [3.63, 3.8) is 0 Å². The number of carbonyl (C=O) groups is 2. The van der Waals surface area contributed by atoms with Gasteiger partial charge in [-0.3, -0.25) is 4.79 Å². The van der Waals surface area contributed by atoms with Gasteiger partial charge in [0.25, 0.3) is 0 Å². The highest BCUT2D eigenvalue weighted by Gasteiger charge is 2.25. The zero-order chi connectivity index (χ0) is 11.3. The van der Waals surface area contributed by atoms with Crippen molar-refractivity contribution >= 4 is 11.9 Å². The molecule has 0 aromatic rings. The second-order valence-electron chi connectivity index (χ2n) is 3.25. The Morgan fingerprint density at radius 1 is 1.20 bits per heavy atom. The highest BCUT2D eigenvalue weighted by Crippen LogP contribution is 2.11. The van der Waals surface area contributed by atoms with Gasteiger partial charge in [-0.05, 0) is 0 Å². The molecule has 0 fully saturated rings. The molecule has 15 heavy (non-hydrogen) atoms. The lowest BCUT2D eigenvalue weighted by molar-refractivity contribution is -0.142. The maximum absolute atomic E-state index is 10.9. The first kappa shape index (κ1) is 11.2. The van der Waals surface area contributed by atoms with Crippen LogP contribution in [0.15, 0.2) is 36.5 Å². The van der Waals surface area contributed by atoms with E-state index in [1.54, 1.807) is 24.3 Å².